The van der Waals surface area contributed by atoms with Crippen LogP contribution in [0.15, 0.2) is 24.3 Å². The normalized spacial score (nSPS) is 9.75. The van der Waals surface area contributed by atoms with Gasteiger partial charge in [-0.3, -0.25) is 4.79 Å². The third-order valence-corrected chi connectivity index (χ3v) is 3.09. The fourth-order valence-electron chi connectivity index (χ4n) is 1.57. The number of ether oxygens (including phenoxy) is 2. The highest BCUT2D eigenvalue weighted by molar-refractivity contribution is 7.80. The predicted octanol–water partition coefficient (Wildman–Crippen LogP) is 1.82. The van der Waals surface area contributed by atoms with E-state index >= 15 is 0 Å². The van der Waals surface area contributed by atoms with Gasteiger partial charge in [-0.1, -0.05) is 0 Å². The van der Waals surface area contributed by atoms with Crippen LogP contribution >= 0.6 is 12.2 Å². The number of nitrogens with zero attached hydrogens (tertiary/aromatic N) is 1. The Kier molecular flexibility index (Phi) is 6.79. The first-order valence-corrected chi connectivity index (χ1v) is 6.87. The summed E-state index contributed by atoms with van der Waals surface area (Å²) in [5.74, 6) is 1.08. The van der Waals surface area contributed by atoms with E-state index in [0.717, 1.165) is 18.8 Å². The molecule has 0 fully saturated rings. The van der Waals surface area contributed by atoms with Gasteiger partial charge < -0.3 is 19.7 Å². The van der Waals surface area contributed by atoms with E-state index < -0.39 is 0 Å². The third kappa shape index (κ3) is 5.05. The van der Waals surface area contributed by atoms with E-state index in [-0.39, 0.29) is 12.5 Å². The maximum atomic E-state index is 11.7. The first-order valence-electron chi connectivity index (χ1n) is 6.46. The third-order valence-electron chi connectivity index (χ3n) is 2.73. The average Bonchev–Trinajstić information content (AvgIpc) is 2.47. The molecular weight excluding hydrogens is 276 g/mol. The Morgan fingerprint density at radius 3 is 2.25 bits per heavy atom. The van der Waals surface area contributed by atoms with Crippen LogP contribution in [-0.2, 0) is 4.79 Å². The Bertz CT molecular complexity index is 444. The molecule has 20 heavy (non-hydrogen) atoms. The number of hydrogen-bond acceptors (Lipinski definition) is 4. The molecule has 0 saturated heterocycles. The Balaban J connectivity index is 2.40. The van der Waals surface area contributed by atoms with Crippen molar-refractivity contribution in [1.82, 2.24) is 10.2 Å². The van der Waals surface area contributed by atoms with E-state index in [9.17, 15) is 4.79 Å². The predicted molar refractivity (Wildman–Crippen MR) is 82.2 cm³/mol. The van der Waals surface area contributed by atoms with Gasteiger partial charge >= 0.3 is 0 Å². The van der Waals surface area contributed by atoms with Gasteiger partial charge in [-0.05, 0) is 50.3 Å². The van der Waals surface area contributed by atoms with Crippen LogP contribution in [0.2, 0.25) is 0 Å². The van der Waals surface area contributed by atoms with E-state index in [1.165, 1.54) is 0 Å². The molecule has 0 aliphatic heterocycles. The number of amides is 1. The van der Waals surface area contributed by atoms with E-state index in [2.05, 4.69) is 5.32 Å². The average molecular weight is 296 g/mol. The molecule has 0 radical (unpaired) electrons. The van der Waals surface area contributed by atoms with Crippen molar-refractivity contribution in [3.05, 3.63) is 24.3 Å². The molecule has 0 spiro atoms. The molecule has 1 aromatic carbocycles. The molecule has 0 unspecified atom stereocenters. The van der Waals surface area contributed by atoms with Gasteiger partial charge in [-0.2, -0.15) is 0 Å². The van der Waals surface area contributed by atoms with Gasteiger partial charge in [-0.25, -0.2) is 0 Å². The number of methoxy groups -OCH3 is 1. The van der Waals surface area contributed by atoms with Crippen LogP contribution in [0.25, 0.3) is 0 Å². The zero-order valence-electron chi connectivity index (χ0n) is 12.0. The van der Waals surface area contributed by atoms with Crippen LogP contribution in [0.5, 0.6) is 11.5 Å². The van der Waals surface area contributed by atoms with Crippen molar-refractivity contribution in [2.24, 2.45) is 0 Å². The van der Waals surface area contributed by atoms with Gasteiger partial charge in [-0.15, -0.1) is 0 Å². The van der Waals surface area contributed by atoms with Crippen LogP contribution in [0.3, 0.4) is 0 Å². The van der Waals surface area contributed by atoms with Gasteiger partial charge in [0.1, 0.15) is 11.5 Å². The fraction of sp³-hybridized carbons (Fsp3) is 0.429. The molecule has 0 heterocycles. The number of rotatable bonds is 6. The second-order valence-electron chi connectivity index (χ2n) is 3.99. The lowest BCUT2D eigenvalue weighted by Gasteiger charge is -2.21. The first kappa shape index (κ1) is 16.2. The van der Waals surface area contributed by atoms with Crippen LogP contribution in [-0.4, -0.2) is 42.7 Å². The standard InChI is InChI=1S/C14H20N2O3S/c1-4-16(5-2)14(20)15-13(17)10-19-12-8-6-11(18-3)7-9-12/h6-9H,4-5,10H2,1-3H3,(H,15,17,20). The molecule has 1 amide bonds. The fourth-order valence-corrected chi connectivity index (χ4v) is 1.94. The first-order chi connectivity index (χ1) is 9.60. The van der Waals surface area contributed by atoms with Gasteiger partial charge in [0, 0.05) is 13.1 Å². The number of benzene rings is 1. The molecule has 1 rings (SSSR count). The maximum absolute atomic E-state index is 11.7. The highest BCUT2D eigenvalue weighted by atomic mass is 32.1. The molecule has 0 bridgehead atoms. The largest absolute Gasteiger partial charge is 0.497 e. The van der Waals surface area contributed by atoms with Gasteiger partial charge in [0.2, 0.25) is 0 Å². The summed E-state index contributed by atoms with van der Waals surface area (Å²) in [5, 5.41) is 3.07. The summed E-state index contributed by atoms with van der Waals surface area (Å²) in [5.41, 5.74) is 0. The Morgan fingerprint density at radius 1 is 1.20 bits per heavy atom. The van der Waals surface area contributed by atoms with Gasteiger partial charge in [0.15, 0.2) is 11.7 Å². The minimum atomic E-state index is -0.266. The van der Waals surface area contributed by atoms with Gasteiger partial charge in [0.25, 0.3) is 5.91 Å². The molecule has 0 saturated carbocycles. The summed E-state index contributed by atoms with van der Waals surface area (Å²) < 4.78 is 10.4. The minimum absolute atomic E-state index is 0.0757. The molecular formula is C14H20N2O3S. The lowest BCUT2D eigenvalue weighted by molar-refractivity contribution is -0.121. The number of carbonyl (C=O) groups excluding carboxylic acids is 1. The summed E-state index contributed by atoms with van der Waals surface area (Å²) >= 11 is 5.14. The summed E-state index contributed by atoms with van der Waals surface area (Å²) in [6.45, 7) is 5.41. The quantitative estimate of drug-likeness (QED) is 0.812. The van der Waals surface area contributed by atoms with Crippen molar-refractivity contribution in [3.8, 4) is 11.5 Å². The van der Waals surface area contributed by atoms with Crippen LogP contribution in [0.1, 0.15) is 13.8 Å². The van der Waals surface area contributed by atoms with Crippen LogP contribution in [0, 0.1) is 0 Å². The molecule has 0 aliphatic rings. The summed E-state index contributed by atoms with van der Waals surface area (Å²) in [4.78, 5) is 13.6. The second-order valence-corrected chi connectivity index (χ2v) is 4.38. The van der Waals surface area contributed by atoms with E-state index in [1.54, 1.807) is 31.4 Å². The molecule has 0 aliphatic carbocycles. The van der Waals surface area contributed by atoms with E-state index in [1.807, 2.05) is 18.7 Å². The monoisotopic (exact) mass is 296 g/mol. The Hall–Kier alpha value is -1.82. The smallest absolute Gasteiger partial charge is 0.264 e. The molecule has 0 atom stereocenters. The van der Waals surface area contributed by atoms with Crippen molar-refractivity contribution in [2.75, 3.05) is 26.8 Å². The summed E-state index contributed by atoms with van der Waals surface area (Å²) in [6, 6.07) is 7.03. The lowest BCUT2D eigenvalue weighted by atomic mass is 10.3. The SMILES string of the molecule is CCN(CC)C(=S)NC(=O)COc1ccc(OC)cc1. The molecule has 1 aromatic rings. The van der Waals surface area contributed by atoms with E-state index in [0.29, 0.717) is 10.9 Å². The minimum Gasteiger partial charge on any atom is -0.497 e. The van der Waals surface area contributed by atoms with Crippen LogP contribution < -0.4 is 14.8 Å². The molecule has 6 heteroatoms. The van der Waals surface area contributed by atoms with Gasteiger partial charge in [0.05, 0.1) is 7.11 Å². The topological polar surface area (TPSA) is 50.8 Å². The molecule has 1 N–H and O–H groups in total. The Labute approximate surface area is 124 Å². The highest BCUT2D eigenvalue weighted by Crippen LogP contribution is 2.16. The number of nitrogens with one attached hydrogen (secondary N) is 1. The van der Waals surface area contributed by atoms with Crippen LogP contribution in [0.4, 0.5) is 0 Å². The number of carbonyl (C=O) groups is 1. The zero-order chi connectivity index (χ0) is 15.0. The second kappa shape index (κ2) is 8.37. The summed E-state index contributed by atoms with van der Waals surface area (Å²) in [6.07, 6.45) is 0. The maximum Gasteiger partial charge on any atom is 0.264 e. The number of hydrogen-bond donors (Lipinski definition) is 1. The zero-order valence-corrected chi connectivity index (χ0v) is 12.8. The lowest BCUT2D eigenvalue weighted by Crippen LogP contribution is -2.44. The van der Waals surface area contributed by atoms with E-state index in [4.69, 9.17) is 21.7 Å². The Morgan fingerprint density at radius 2 is 1.75 bits per heavy atom. The van der Waals surface area contributed by atoms with Crippen molar-refractivity contribution in [1.29, 1.82) is 0 Å². The summed E-state index contributed by atoms with van der Waals surface area (Å²) in [7, 11) is 1.59. The molecule has 0 aromatic heterocycles. The number of thiocarbonyl (C=S) groups is 1. The molecule has 5 nitrogen and oxygen atoms in total. The van der Waals surface area contributed by atoms with Crippen molar-refractivity contribution in [2.45, 2.75) is 13.8 Å². The molecule has 110 valence electrons. The highest BCUT2D eigenvalue weighted by Gasteiger charge is 2.10. The van der Waals surface area contributed by atoms with Crippen molar-refractivity contribution in [3.63, 3.8) is 0 Å². The van der Waals surface area contributed by atoms with Crippen molar-refractivity contribution >= 4 is 23.2 Å². The van der Waals surface area contributed by atoms with Crippen molar-refractivity contribution < 1.29 is 14.3 Å².